The van der Waals surface area contributed by atoms with E-state index in [0.717, 1.165) is 13.0 Å². The maximum absolute atomic E-state index is 6.40. The quantitative estimate of drug-likeness (QED) is 0.269. The van der Waals surface area contributed by atoms with E-state index in [1.165, 1.54) is 88.2 Å². The van der Waals surface area contributed by atoms with Crippen LogP contribution in [-0.2, 0) is 5.54 Å². The van der Waals surface area contributed by atoms with E-state index in [9.17, 15) is 0 Å². The molecule has 0 amide bonds. The van der Waals surface area contributed by atoms with Gasteiger partial charge in [-0.25, -0.2) is 0 Å². The minimum absolute atomic E-state index is 0.290. The van der Waals surface area contributed by atoms with E-state index in [0.29, 0.717) is 6.04 Å². The van der Waals surface area contributed by atoms with Crippen molar-refractivity contribution in [2.45, 2.75) is 123 Å². The number of hydrogen-bond donors (Lipinski definition) is 2. The molecule has 1 aromatic carbocycles. The average molecular weight is 389 g/mol. The zero-order valence-corrected chi connectivity index (χ0v) is 19.4. The van der Waals surface area contributed by atoms with Crippen molar-refractivity contribution < 1.29 is 0 Å². The van der Waals surface area contributed by atoms with Crippen molar-refractivity contribution in [2.24, 2.45) is 5.73 Å². The van der Waals surface area contributed by atoms with Crippen LogP contribution in [0.5, 0.6) is 0 Å². The third-order valence-electron chi connectivity index (χ3n) is 5.86. The van der Waals surface area contributed by atoms with Gasteiger partial charge in [0.2, 0.25) is 0 Å². The molecule has 0 fully saturated rings. The number of nitrogens with one attached hydrogen (secondary N) is 1. The summed E-state index contributed by atoms with van der Waals surface area (Å²) in [5.74, 6) is 0. The van der Waals surface area contributed by atoms with Crippen LogP contribution < -0.4 is 11.1 Å². The van der Waals surface area contributed by atoms with Gasteiger partial charge in [0.1, 0.15) is 0 Å². The summed E-state index contributed by atoms with van der Waals surface area (Å²) in [7, 11) is 0. The summed E-state index contributed by atoms with van der Waals surface area (Å²) in [5.41, 5.74) is 8.75. The van der Waals surface area contributed by atoms with Crippen molar-refractivity contribution in [3.63, 3.8) is 0 Å². The Morgan fingerprint density at radius 3 is 1.79 bits per heavy atom. The van der Waals surface area contributed by atoms with Crippen LogP contribution in [0.1, 0.15) is 128 Å². The number of unbranched alkanes of at least 4 members (excludes halogenated alkanes) is 11. The van der Waals surface area contributed by atoms with Gasteiger partial charge in [-0.3, -0.25) is 0 Å². The van der Waals surface area contributed by atoms with Gasteiger partial charge in [-0.05, 0) is 44.4 Å². The summed E-state index contributed by atoms with van der Waals surface area (Å²) in [6.45, 7) is 9.86. The van der Waals surface area contributed by atoms with Crippen molar-refractivity contribution in [3.8, 4) is 0 Å². The maximum atomic E-state index is 6.40. The number of nitrogens with two attached hydrogens (primary N) is 1. The summed E-state index contributed by atoms with van der Waals surface area (Å²) >= 11 is 0. The molecule has 0 aromatic heterocycles. The lowest BCUT2D eigenvalue weighted by atomic mass is 9.87. The maximum Gasteiger partial charge on any atom is 0.0355 e. The molecule has 0 heterocycles. The van der Waals surface area contributed by atoms with Crippen LogP contribution in [0, 0.1) is 0 Å². The molecule has 0 saturated carbocycles. The van der Waals surface area contributed by atoms with E-state index in [2.05, 4.69) is 57.3 Å². The molecule has 0 bridgehead atoms. The van der Waals surface area contributed by atoms with Gasteiger partial charge < -0.3 is 11.1 Å². The second-order valence-electron chi connectivity index (χ2n) is 9.11. The van der Waals surface area contributed by atoms with Gasteiger partial charge in [-0.2, -0.15) is 0 Å². The standard InChI is InChI=1S/C26H48N2/c1-5-7-8-9-10-11-12-13-14-15-16-19-22-28-25(6-2)23-20-17-18-21-24(23)26(3,4)27/h17-18,20-21,25,28H,5-16,19,22,27H2,1-4H3. The predicted molar refractivity (Wildman–Crippen MR) is 126 cm³/mol. The van der Waals surface area contributed by atoms with E-state index in [4.69, 9.17) is 5.73 Å². The normalized spacial score (nSPS) is 13.0. The van der Waals surface area contributed by atoms with Crippen molar-refractivity contribution >= 4 is 0 Å². The van der Waals surface area contributed by atoms with Gasteiger partial charge in [0.05, 0.1) is 0 Å². The van der Waals surface area contributed by atoms with Crippen LogP contribution in [-0.4, -0.2) is 6.54 Å². The Kier molecular flexibility index (Phi) is 13.5. The summed E-state index contributed by atoms with van der Waals surface area (Å²) in [6, 6.07) is 9.08. The average Bonchev–Trinajstić information content (AvgIpc) is 2.68. The summed E-state index contributed by atoms with van der Waals surface area (Å²) in [4.78, 5) is 0. The molecule has 0 saturated heterocycles. The SMILES string of the molecule is CCCCCCCCCCCCCCNC(CC)c1ccccc1C(C)(C)N. The van der Waals surface area contributed by atoms with Gasteiger partial charge in [-0.15, -0.1) is 0 Å². The van der Waals surface area contributed by atoms with E-state index in [1.807, 2.05) is 0 Å². The Labute approximate surface area is 176 Å². The molecule has 1 atom stereocenters. The largest absolute Gasteiger partial charge is 0.322 e. The lowest BCUT2D eigenvalue weighted by Gasteiger charge is -2.27. The van der Waals surface area contributed by atoms with Crippen LogP contribution in [0.3, 0.4) is 0 Å². The molecule has 3 N–H and O–H groups in total. The highest BCUT2D eigenvalue weighted by atomic mass is 14.9. The lowest BCUT2D eigenvalue weighted by Crippen LogP contribution is -2.32. The fraction of sp³-hybridized carbons (Fsp3) is 0.769. The number of rotatable bonds is 17. The number of benzene rings is 1. The Morgan fingerprint density at radius 2 is 1.29 bits per heavy atom. The van der Waals surface area contributed by atoms with Crippen molar-refractivity contribution in [2.75, 3.05) is 6.54 Å². The van der Waals surface area contributed by atoms with E-state index in [-0.39, 0.29) is 5.54 Å². The molecule has 0 aliphatic carbocycles. The Bertz CT molecular complexity index is 489. The minimum atomic E-state index is -0.290. The first-order valence-electron chi connectivity index (χ1n) is 12.1. The molecule has 2 nitrogen and oxygen atoms in total. The first kappa shape index (κ1) is 25.2. The highest BCUT2D eigenvalue weighted by Crippen LogP contribution is 2.28. The molecule has 0 spiro atoms. The van der Waals surface area contributed by atoms with E-state index in [1.54, 1.807) is 0 Å². The highest BCUT2D eigenvalue weighted by molar-refractivity contribution is 5.34. The fourth-order valence-corrected chi connectivity index (χ4v) is 4.10. The smallest absolute Gasteiger partial charge is 0.0355 e. The zero-order valence-electron chi connectivity index (χ0n) is 19.4. The van der Waals surface area contributed by atoms with E-state index < -0.39 is 0 Å². The third kappa shape index (κ3) is 10.6. The minimum Gasteiger partial charge on any atom is -0.322 e. The molecule has 28 heavy (non-hydrogen) atoms. The molecule has 1 unspecified atom stereocenters. The van der Waals surface area contributed by atoms with Crippen molar-refractivity contribution in [1.29, 1.82) is 0 Å². The topological polar surface area (TPSA) is 38.0 Å². The molecule has 1 rings (SSSR count). The van der Waals surface area contributed by atoms with Crippen LogP contribution in [0.4, 0.5) is 0 Å². The van der Waals surface area contributed by atoms with Gasteiger partial charge >= 0.3 is 0 Å². The van der Waals surface area contributed by atoms with Gasteiger partial charge in [-0.1, -0.05) is 109 Å². The van der Waals surface area contributed by atoms with Crippen LogP contribution in [0.2, 0.25) is 0 Å². The first-order chi connectivity index (χ1) is 13.5. The Balaban J connectivity index is 2.14. The fourth-order valence-electron chi connectivity index (χ4n) is 4.10. The second-order valence-corrected chi connectivity index (χ2v) is 9.11. The molecule has 162 valence electrons. The van der Waals surface area contributed by atoms with Crippen molar-refractivity contribution in [3.05, 3.63) is 35.4 Å². The molecule has 1 aromatic rings. The predicted octanol–water partition coefficient (Wildman–Crippen LogP) is 7.62. The second kappa shape index (κ2) is 15.0. The highest BCUT2D eigenvalue weighted by Gasteiger charge is 2.21. The summed E-state index contributed by atoms with van der Waals surface area (Å²) in [5, 5.41) is 3.78. The molecule has 0 aliphatic heterocycles. The van der Waals surface area contributed by atoms with Gasteiger partial charge in [0.25, 0.3) is 0 Å². The van der Waals surface area contributed by atoms with Gasteiger partial charge in [0.15, 0.2) is 0 Å². The molecule has 0 aliphatic rings. The Hall–Kier alpha value is -0.860. The van der Waals surface area contributed by atoms with E-state index >= 15 is 0 Å². The summed E-state index contributed by atoms with van der Waals surface area (Å²) in [6.07, 6.45) is 18.0. The van der Waals surface area contributed by atoms with Crippen LogP contribution in [0.25, 0.3) is 0 Å². The monoisotopic (exact) mass is 388 g/mol. The number of hydrogen-bond acceptors (Lipinski definition) is 2. The lowest BCUT2D eigenvalue weighted by molar-refractivity contribution is 0.472. The molecular weight excluding hydrogens is 340 g/mol. The van der Waals surface area contributed by atoms with Crippen molar-refractivity contribution in [1.82, 2.24) is 5.32 Å². The molecule has 0 radical (unpaired) electrons. The van der Waals surface area contributed by atoms with Crippen LogP contribution in [0.15, 0.2) is 24.3 Å². The summed E-state index contributed by atoms with van der Waals surface area (Å²) < 4.78 is 0. The molecule has 2 heteroatoms. The van der Waals surface area contributed by atoms with Gasteiger partial charge in [0, 0.05) is 11.6 Å². The zero-order chi connectivity index (χ0) is 20.7. The Morgan fingerprint density at radius 1 is 0.786 bits per heavy atom. The van der Waals surface area contributed by atoms with Crippen LogP contribution >= 0.6 is 0 Å². The third-order valence-corrected chi connectivity index (χ3v) is 5.86. The molecular formula is C26H48N2. The first-order valence-corrected chi connectivity index (χ1v) is 12.1.